The molecule has 4 aromatic rings. The Morgan fingerprint density at radius 3 is 2.73 bits per heavy atom. The molecule has 9 nitrogen and oxygen atoms in total. The first-order chi connectivity index (χ1) is 15.8. The van der Waals surface area contributed by atoms with Crippen LogP contribution in [0.15, 0.2) is 34.8 Å². The van der Waals surface area contributed by atoms with Gasteiger partial charge < -0.3 is 10.0 Å². The second-order valence-electron chi connectivity index (χ2n) is 7.64. The summed E-state index contributed by atoms with van der Waals surface area (Å²) >= 11 is 2.70. The van der Waals surface area contributed by atoms with Crippen molar-refractivity contribution < 1.29 is 19.1 Å². The largest absolute Gasteiger partial charge is 0.477 e. The van der Waals surface area contributed by atoms with Crippen LogP contribution in [0.2, 0.25) is 0 Å². The summed E-state index contributed by atoms with van der Waals surface area (Å²) in [5.74, 6) is -2.40. The Morgan fingerprint density at radius 2 is 2.09 bits per heavy atom. The van der Waals surface area contributed by atoms with Crippen molar-refractivity contribution in [2.75, 3.05) is 18.0 Å². The van der Waals surface area contributed by atoms with Crippen molar-refractivity contribution in [1.82, 2.24) is 19.5 Å². The number of thiazole rings is 2. The zero-order chi connectivity index (χ0) is 23.3. The van der Waals surface area contributed by atoms with Gasteiger partial charge in [0.05, 0.1) is 17.7 Å². The lowest BCUT2D eigenvalue weighted by atomic mass is 9.93. The summed E-state index contributed by atoms with van der Waals surface area (Å²) in [5.41, 5.74) is -1.22. The molecule has 5 rings (SSSR count). The van der Waals surface area contributed by atoms with Crippen LogP contribution in [0.3, 0.4) is 0 Å². The SMILES string of the molecule is Cc1cnc(CC(=O)C2CN(c3nc4c(cc3F)c(=O)c(C(=O)O)cn4-c3nccs3)C2)s1. The highest BCUT2D eigenvalue weighted by molar-refractivity contribution is 7.12. The first kappa shape index (κ1) is 21.3. The zero-order valence-corrected chi connectivity index (χ0v) is 18.8. The number of nitrogens with zero attached hydrogens (tertiary/aromatic N) is 5. The number of halogens is 1. The molecular formula is C21H16FN5O4S2. The number of carboxylic acid groups (broad SMARTS) is 1. The van der Waals surface area contributed by atoms with E-state index >= 15 is 0 Å². The number of aryl methyl sites for hydroxylation is 1. The molecule has 4 aromatic heterocycles. The maximum atomic E-state index is 14.9. The molecule has 0 aliphatic carbocycles. The Balaban J connectivity index is 1.48. The van der Waals surface area contributed by atoms with E-state index in [-0.39, 0.29) is 35.0 Å². The van der Waals surface area contributed by atoms with Crippen LogP contribution < -0.4 is 10.3 Å². The first-order valence-corrected chi connectivity index (χ1v) is 11.6. The van der Waals surface area contributed by atoms with Crippen LogP contribution in [0.25, 0.3) is 16.2 Å². The van der Waals surface area contributed by atoms with E-state index in [1.54, 1.807) is 16.5 Å². The zero-order valence-electron chi connectivity index (χ0n) is 17.2. The van der Waals surface area contributed by atoms with E-state index in [2.05, 4.69) is 15.0 Å². The van der Waals surface area contributed by atoms with E-state index in [1.165, 1.54) is 33.4 Å². The molecule has 33 heavy (non-hydrogen) atoms. The number of carbonyl (C=O) groups is 2. The number of ketones is 1. The Bertz CT molecular complexity index is 1460. The van der Waals surface area contributed by atoms with Crippen molar-refractivity contribution in [3.05, 3.63) is 61.5 Å². The highest BCUT2D eigenvalue weighted by Gasteiger charge is 2.35. The molecule has 1 N–H and O–H groups in total. The molecule has 1 aliphatic rings. The number of Topliss-reactive ketones (excluding diaryl/α,β-unsaturated/α-hetero) is 1. The minimum atomic E-state index is -1.42. The molecule has 0 unspecified atom stereocenters. The third-order valence-corrected chi connectivity index (χ3v) is 7.08. The molecule has 5 heterocycles. The number of pyridine rings is 2. The van der Waals surface area contributed by atoms with Crippen molar-refractivity contribution in [1.29, 1.82) is 0 Å². The van der Waals surface area contributed by atoms with Gasteiger partial charge in [-0.2, -0.15) is 0 Å². The summed E-state index contributed by atoms with van der Waals surface area (Å²) in [4.78, 5) is 52.2. The van der Waals surface area contributed by atoms with Crippen molar-refractivity contribution in [3.8, 4) is 5.13 Å². The van der Waals surface area contributed by atoms with Gasteiger partial charge in [0.2, 0.25) is 5.43 Å². The van der Waals surface area contributed by atoms with Crippen LogP contribution in [0.4, 0.5) is 10.2 Å². The topological polar surface area (TPSA) is 118 Å². The lowest BCUT2D eigenvalue weighted by Gasteiger charge is -2.39. The normalized spacial score (nSPS) is 13.9. The molecule has 0 saturated carbocycles. The highest BCUT2D eigenvalue weighted by atomic mass is 32.1. The third-order valence-electron chi connectivity index (χ3n) is 5.40. The fourth-order valence-corrected chi connectivity index (χ4v) is 5.12. The van der Waals surface area contributed by atoms with E-state index in [1.807, 2.05) is 6.92 Å². The Morgan fingerprint density at radius 1 is 1.30 bits per heavy atom. The van der Waals surface area contributed by atoms with Gasteiger partial charge in [0, 0.05) is 41.9 Å². The quantitative estimate of drug-likeness (QED) is 0.443. The predicted molar refractivity (Wildman–Crippen MR) is 121 cm³/mol. The first-order valence-electron chi connectivity index (χ1n) is 9.90. The Labute approximate surface area is 193 Å². The Hall–Kier alpha value is -3.51. The predicted octanol–water partition coefficient (Wildman–Crippen LogP) is 2.69. The van der Waals surface area contributed by atoms with Gasteiger partial charge in [-0.3, -0.25) is 14.2 Å². The van der Waals surface area contributed by atoms with Crippen molar-refractivity contribution in [2.45, 2.75) is 13.3 Å². The molecular weight excluding hydrogens is 469 g/mol. The molecule has 12 heteroatoms. The molecule has 1 aliphatic heterocycles. The fourth-order valence-electron chi connectivity index (χ4n) is 3.70. The second-order valence-corrected chi connectivity index (χ2v) is 9.83. The highest BCUT2D eigenvalue weighted by Crippen LogP contribution is 2.30. The van der Waals surface area contributed by atoms with Gasteiger partial charge in [0.15, 0.2) is 22.4 Å². The molecule has 0 radical (unpaired) electrons. The third kappa shape index (κ3) is 3.80. The smallest absolute Gasteiger partial charge is 0.341 e. The van der Waals surface area contributed by atoms with Gasteiger partial charge in [-0.25, -0.2) is 24.1 Å². The molecule has 0 atom stereocenters. The van der Waals surface area contributed by atoms with Crippen molar-refractivity contribution in [3.63, 3.8) is 0 Å². The number of hydrogen-bond donors (Lipinski definition) is 1. The van der Waals surface area contributed by atoms with Gasteiger partial charge in [-0.15, -0.1) is 22.7 Å². The second kappa shape index (κ2) is 8.12. The lowest BCUT2D eigenvalue weighted by Crippen LogP contribution is -2.51. The van der Waals surface area contributed by atoms with E-state index in [4.69, 9.17) is 0 Å². The monoisotopic (exact) mass is 485 g/mol. The van der Waals surface area contributed by atoms with Gasteiger partial charge in [-0.1, -0.05) is 0 Å². The van der Waals surface area contributed by atoms with Crippen molar-refractivity contribution in [2.24, 2.45) is 5.92 Å². The summed E-state index contributed by atoms with van der Waals surface area (Å²) in [7, 11) is 0. The summed E-state index contributed by atoms with van der Waals surface area (Å²) in [6, 6.07) is 1.00. The number of carboxylic acids is 1. The summed E-state index contributed by atoms with van der Waals surface area (Å²) in [6.45, 7) is 2.52. The number of anilines is 1. The number of carbonyl (C=O) groups excluding carboxylic acids is 1. The summed E-state index contributed by atoms with van der Waals surface area (Å²) < 4.78 is 16.3. The Kier molecular flexibility index (Phi) is 5.25. The maximum Gasteiger partial charge on any atom is 0.341 e. The van der Waals surface area contributed by atoms with Gasteiger partial charge >= 0.3 is 5.97 Å². The number of aromatic nitrogens is 4. The van der Waals surface area contributed by atoms with E-state index in [9.17, 15) is 23.9 Å². The minimum Gasteiger partial charge on any atom is -0.477 e. The van der Waals surface area contributed by atoms with Gasteiger partial charge in [-0.05, 0) is 13.0 Å². The summed E-state index contributed by atoms with van der Waals surface area (Å²) in [6.07, 6.45) is 4.65. The average molecular weight is 486 g/mol. The average Bonchev–Trinajstić information content (AvgIpc) is 3.40. The van der Waals surface area contributed by atoms with Crippen LogP contribution in [0, 0.1) is 18.7 Å². The molecule has 0 bridgehead atoms. The lowest BCUT2D eigenvalue weighted by molar-refractivity contribution is -0.122. The van der Waals surface area contributed by atoms with Crippen LogP contribution in [0.1, 0.15) is 20.2 Å². The van der Waals surface area contributed by atoms with Crippen LogP contribution in [-0.2, 0) is 11.2 Å². The number of aromatic carboxylic acids is 1. The number of rotatable bonds is 6. The van der Waals surface area contributed by atoms with E-state index < -0.39 is 22.8 Å². The van der Waals surface area contributed by atoms with E-state index in [0.717, 1.165) is 22.1 Å². The molecule has 0 aromatic carbocycles. The molecule has 168 valence electrons. The number of hydrogen-bond acceptors (Lipinski definition) is 9. The van der Waals surface area contributed by atoms with Crippen LogP contribution >= 0.6 is 22.7 Å². The van der Waals surface area contributed by atoms with Crippen LogP contribution in [-0.4, -0.2) is 49.5 Å². The minimum absolute atomic E-state index is 0.00410. The van der Waals surface area contributed by atoms with Crippen molar-refractivity contribution >= 4 is 51.3 Å². The number of fused-ring (bicyclic) bond motifs is 1. The fraction of sp³-hybridized carbons (Fsp3) is 0.238. The molecule has 1 fully saturated rings. The molecule has 0 amide bonds. The summed E-state index contributed by atoms with van der Waals surface area (Å²) in [5, 5.41) is 12.1. The van der Waals surface area contributed by atoms with Crippen LogP contribution in [0.5, 0.6) is 0 Å². The van der Waals surface area contributed by atoms with E-state index in [0.29, 0.717) is 18.2 Å². The van der Waals surface area contributed by atoms with Gasteiger partial charge in [0.1, 0.15) is 16.4 Å². The maximum absolute atomic E-state index is 14.9. The molecule has 1 saturated heterocycles. The standard InChI is InChI=1S/C21H16FN5O4S2/c1-10-6-24-16(33-10)5-15(28)11-7-26(8-11)19-14(22)4-12-17(29)13(20(30)31)9-27(18(12)25-19)21-23-2-3-32-21/h2-4,6,9,11H,5,7-8H2,1H3,(H,30,31). The van der Waals surface area contributed by atoms with Gasteiger partial charge in [0.25, 0.3) is 0 Å². The molecule has 0 spiro atoms.